The number of nitrogens with one attached hydrogen (secondary N) is 2. The lowest BCUT2D eigenvalue weighted by Crippen LogP contribution is -2.34. The molecule has 1 aliphatic carbocycles. The number of hydrogen-bond acceptors (Lipinski definition) is 8. The van der Waals surface area contributed by atoms with E-state index in [2.05, 4.69) is 42.6 Å². The molecule has 0 spiro atoms. The largest absolute Gasteiger partial charge is 0.495 e. The number of aromatic nitrogens is 4. The molecule has 5 rings (SSSR count). The van der Waals surface area contributed by atoms with Crippen molar-refractivity contribution in [3.8, 4) is 23.2 Å². The van der Waals surface area contributed by atoms with Gasteiger partial charge in [0, 0.05) is 35.6 Å². The van der Waals surface area contributed by atoms with Crippen molar-refractivity contribution in [2.75, 3.05) is 12.4 Å². The Kier molecular flexibility index (Phi) is 9.04. The molecule has 2 N–H and O–H groups in total. The minimum atomic E-state index is -1.17. The van der Waals surface area contributed by atoms with E-state index in [1.807, 2.05) is 32.9 Å². The Morgan fingerprint density at radius 3 is 2.64 bits per heavy atom. The van der Waals surface area contributed by atoms with Crippen molar-refractivity contribution in [1.82, 2.24) is 25.5 Å². The van der Waals surface area contributed by atoms with Crippen LogP contribution in [-0.2, 0) is 4.74 Å². The lowest BCUT2D eigenvalue weighted by atomic mass is 9.93. The van der Waals surface area contributed by atoms with Gasteiger partial charge in [-0.05, 0) is 56.4 Å². The number of carbonyl (C=O) groups is 1. The SMILES string of the molecule is CC.COC1=CNC(C(C)F)C=C1c1cc(-c2ccc(C)cn2)ncc1C(=O)Nc1nnc(C#CC2CC2)s1. The van der Waals surface area contributed by atoms with Crippen molar-refractivity contribution in [1.29, 1.82) is 0 Å². The minimum Gasteiger partial charge on any atom is -0.495 e. The van der Waals surface area contributed by atoms with E-state index in [1.54, 1.807) is 24.5 Å². The Bertz CT molecular complexity index is 1450. The number of rotatable bonds is 6. The highest BCUT2D eigenvalue weighted by Gasteiger charge is 2.26. The molecule has 2 unspecified atom stereocenters. The predicted molar refractivity (Wildman–Crippen MR) is 152 cm³/mol. The molecule has 1 saturated carbocycles. The summed E-state index contributed by atoms with van der Waals surface area (Å²) in [6.07, 6.45) is 7.63. The van der Waals surface area contributed by atoms with Crippen LogP contribution in [0.3, 0.4) is 0 Å². The molecule has 0 bridgehead atoms. The van der Waals surface area contributed by atoms with E-state index >= 15 is 0 Å². The first-order valence-electron chi connectivity index (χ1n) is 12.9. The number of nitrogens with zero attached hydrogens (tertiary/aromatic N) is 4. The van der Waals surface area contributed by atoms with Gasteiger partial charge < -0.3 is 10.1 Å². The zero-order valence-corrected chi connectivity index (χ0v) is 23.4. The number of allylic oxidation sites excluding steroid dienone is 1. The number of amides is 1. The lowest BCUT2D eigenvalue weighted by molar-refractivity contribution is 0.102. The average molecular weight is 547 g/mol. The molecule has 8 nitrogen and oxygen atoms in total. The van der Waals surface area contributed by atoms with Gasteiger partial charge in [-0.25, -0.2) is 4.39 Å². The Labute approximate surface area is 231 Å². The molecule has 3 aromatic heterocycles. The number of ether oxygens (including phenoxy) is 1. The maximum Gasteiger partial charge on any atom is 0.259 e. The fourth-order valence-corrected chi connectivity index (χ4v) is 4.31. The monoisotopic (exact) mass is 546 g/mol. The van der Waals surface area contributed by atoms with E-state index in [1.165, 1.54) is 31.6 Å². The minimum absolute atomic E-state index is 0.276. The molecule has 10 heteroatoms. The third-order valence-corrected chi connectivity index (χ3v) is 6.71. The summed E-state index contributed by atoms with van der Waals surface area (Å²) in [4.78, 5) is 22.4. The average Bonchev–Trinajstić information content (AvgIpc) is 3.69. The third kappa shape index (κ3) is 6.86. The second kappa shape index (κ2) is 12.6. The van der Waals surface area contributed by atoms with Crippen LogP contribution in [-0.4, -0.2) is 45.4 Å². The lowest BCUT2D eigenvalue weighted by Gasteiger charge is -2.25. The molecule has 39 heavy (non-hydrogen) atoms. The van der Waals surface area contributed by atoms with Crippen LogP contribution in [0.5, 0.6) is 0 Å². The van der Waals surface area contributed by atoms with Gasteiger partial charge in [-0.2, -0.15) is 0 Å². The molecule has 1 fully saturated rings. The Balaban J connectivity index is 0.00000172. The zero-order valence-electron chi connectivity index (χ0n) is 22.6. The summed E-state index contributed by atoms with van der Waals surface area (Å²) in [6.45, 7) is 7.42. The molecule has 1 aliphatic heterocycles. The molecule has 0 radical (unpaired) electrons. The van der Waals surface area contributed by atoms with Gasteiger partial charge in [0.1, 0.15) is 11.9 Å². The van der Waals surface area contributed by atoms with E-state index in [0.29, 0.717) is 44.3 Å². The summed E-state index contributed by atoms with van der Waals surface area (Å²) in [6, 6.07) is 4.98. The van der Waals surface area contributed by atoms with E-state index in [-0.39, 0.29) is 5.56 Å². The van der Waals surface area contributed by atoms with Crippen molar-refractivity contribution in [3.63, 3.8) is 0 Å². The first kappa shape index (κ1) is 27.9. The zero-order chi connectivity index (χ0) is 27.9. The van der Waals surface area contributed by atoms with E-state index in [4.69, 9.17) is 4.74 Å². The highest BCUT2D eigenvalue weighted by Crippen LogP contribution is 2.33. The molecule has 2 aliphatic rings. The second-order valence-electron chi connectivity index (χ2n) is 8.91. The van der Waals surface area contributed by atoms with Crippen LogP contribution >= 0.6 is 11.3 Å². The van der Waals surface area contributed by atoms with Crippen molar-refractivity contribution in [3.05, 3.63) is 70.3 Å². The predicted octanol–water partition coefficient (Wildman–Crippen LogP) is 5.54. The second-order valence-corrected chi connectivity index (χ2v) is 9.89. The molecular weight excluding hydrogens is 515 g/mol. The molecule has 4 heterocycles. The van der Waals surface area contributed by atoms with E-state index < -0.39 is 18.1 Å². The van der Waals surface area contributed by atoms with Gasteiger partial charge in [-0.1, -0.05) is 37.2 Å². The molecular formula is C29H31FN6O2S. The molecule has 202 valence electrons. The quantitative estimate of drug-likeness (QED) is 0.391. The van der Waals surface area contributed by atoms with Gasteiger partial charge in [-0.15, -0.1) is 10.2 Å². The molecule has 3 aromatic rings. The van der Waals surface area contributed by atoms with Crippen LogP contribution in [0.25, 0.3) is 17.0 Å². The maximum atomic E-state index is 14.3. The van der Waals surface area contributed by atoms with Crippen molar-refractivity contribution in [2.24, 2.45) is 5.92 Å². The van der Waals surface area contributed by atoms with Gasteiger partial charge in [0.2, 0.25) is 5.13 Å². The Hall–Kier alpha value is -4.10. The summed E-state index contributed by atoms with van der Waals surface area (Å²) < 4.78 is 19.8. The van der Waals surface area contributed by atoms with Gasteiger partial charge in [0.05, 0.1) is 30.1 Å². The van der Waals surface area contributed by atoms with E-state index in [9.17, 15) is 9.18 Å². The van der Waals surface area contributed by atoms with Crippen LogP contribution < -0.4 is 10.6 Å². The summed E-state index contributed by atoms with van der Waals surface area (Å²) in [5.74, 6) is 6.63. The topological polar surface area (TPSA) is 102 Å². The number of dihydropyridines is 1. The molecule has 0 saturated heterocycles. The molecule has 1 amide bonds. The highest BCUT2D eigenvalue weighted by molar-refractivity contribution is 7.15. The fraction of sp³-hybridized carbons (Fsp3) is 0.345. The Morgan fingerprint density at radius 2 is 1.97 bits per heavy atom. The van der Waals surface area contributed by atoms with Crippen LogP contribution in [0.4, 0.5) is 9.52 Å². The first-order chi connectivity index (χ1) is 18.9. The summed E-state index contributed by atoms with van der Waals surface area (Å²) in [5.41, 5.74) is 3.62. The number of pyridine rings is 2. The standard InChI is InChI=1S/C27H25FN6O2S.C2H6/c1-15-4-8-21(29-12-15)23-10-18(19-11-22(16(2)28)31-14-24(19)36-3)20(13-30-23)26(35)32-27-34-33-25(37-27)9-7-17-5-6-17;1-2/h4,8,10-14,16-17,22,31H,5-6H2,1-3H3,(H,32,34,35);1-2H3. The van der Waals surface area contributed by atoms with Crippen molar-refractivity contribution < 1.29 is 13.9 Å². The number of anilines is 1. The van der Waals surface area contributed by atoms with Crippen molar-refractivity contribution >= 4 is 27.9 Å². The number of aryl methyl sites for hydroxylation is 1. The van der Waals surface area contributed by atoms with Gasteiger partial charge >= 0.3 is 0 Å². The van der Waals surface area contributed by atoms with Crippen LogP contribution in [0, 0.1) is 24.7 Å². The smallest absolute Gasteiger partial charge is 0.259 e. The molecule has 2 atom stereocenters. The summed E-state index contributed by atoms with van der Waals surface area (Å²) in [5, 5.41) is 14.8. The number of alkyl halides is 1. The normalized spacial score (nSPS) is 16.7. The number of carbonyl (C=O) groups excluding carboxylic acids is 1. The van der Waals surface area contributed by atoms with Crippen LogP contribution in [0.2, 0.25) is 0 Å². The summed E-state index contributed by atoms with van der Waals surface area (Å²) in [7, 11) is 1.52. The van der Waals surface area contributed by atoms with Gasteiger partial charge in [0.15, 0.2) is 5.01 Å². The first-order valence-corrected chi connectivity index (χ1v) is 13.7. The summed E-state index contributed by atoms with van der Waals surface area (Å²) >= 11 is 1.21. The highest BCUT2D eigenvalue weighted by atomic mass is 32.1. The van der Waals surface area contributed by atoms with Gasteiger partial charge in [0.25, 0.3) is 5.91 Å². The third-order valence-electron chi connectivity index (χ3n) is 5.95. The van der Waals surface area contributed by atoms with E-state index in [0.717, 1.165) is 18.4 Å². The van der Waals surface area contributed by atoms with Gasteiger partial charge in [-0.3, -0.25) is 20.1 Å². The fourth-order valence-electron chi connectivity index (χ4n) is 3.71. The van der Waals surface area contributed by atoms with Crippen LogP contribution in [0.15, 0.2) is 48.6 Å². The maximum absolute atomic E-state index is 14.3. The number of halogens is 1. The number of methoxy groups -OCH3 is 1. The molecule has 0 aromatic carbocycles. The van der Waals surface area contributed by atoms with Crippen molar-refractivity contribution in [2.45, 2.75) is 52.8 Å². The van der Waals surface area contributed by atoms with Crippen LogP contribution in [0.1, 0.15) is 60.1 Å². The number of hydrogen-bond donors (Lipinski definition) is 2. The Morgan fingerprint density at radius 1 is 1.21 bits per heavy atom.